The summed E-state index contributed by atoms with van der Waals surface area (Å²) in [5.41, 5.74) is 2.80. The van der Waals surface area contributed by atoms with Crippen LogP contribution in [0.3, 0.4) is 0 Å². The molecule has 1 aromatic carbocycles. The second-order valence-corrected chi connectivity index (χ2v) is 6.80. The summed E-state index contributed by atoms with van der Waals surface area (Å²) in [6, 6.07) is 11.1. The third-order valence-corrected chi connectivity index (χ3v) is 5.62. The van der Waals surface area contributed by atoms with Gasteiger partial charge in [0.05, 0.1) is 0 Å². The zero-order valence-electron chi connectivity index (χ0n) is 8.10. The van der Waals surface area contributed by atoms with E-state index < -0.39 is 0 Å². The van der Waals surface area contributed by atoms with Gasteiger partial charge in [0.2, 0.25) is 0 Å². The molecule has 0 unspecified atom stereocenters. The Morgan fingerprint density at radius 3 is 2.33 bits per heavy atom. The average Bonchev–Trinajstić information content (AvgIpc) is 3.02. The van der Waals surface area contributed by atoms with E-state index in [-0.39, 0.29) is 0 Å². The van der Waals surface area contributed by atoms with Crippen LogP contribution >= 0.6 is 32.9 Å². The minimum absolute atomic E-state index is 0.847. The van der Waals surface area contributed by atoms with Gasteiger partial charge < -0.3 is 0 Å². The molecule has 1 aromatic heterocycles. The maximum Gasteiger partial charge on any atom is 0.102 e. The van der Waals surface area contributed by atoms with Gasteiger partial charge in [-0.3, -0.25) is 0 Å². The molecule has 2 aromatic rings. The van der Waals surface area contributed by atoms with Crippen molar-refractivity contribution in [1.82, 2.24) is 0 Å². The highest BCUT2D eigenvalue weighted by atomic mass is 32.9. The molecule has 0 radical (unpaired) electrons. The van der Waals surface area contributed by atoms with Crippen molar-refractivity contribution < 1.29 is 0 Å². The fraction of sp³-hybridized carbons (Fsp3) is 0.250. The van der Waals surface area contributed by atoms with Gasteiger partial charge in [-0.05, 0) is 36.0 Å². The van der Waals surface area contributed by atoms with Crippen LogP contribution in [0.1, 0.15) is 24.3 Å². The molecule has 0 N–H and O–H groups in total. The fourth-order valence-corrected chi connectivity index (χ4v) is 4.11. The maximum absolute atomic E-state index is 5.14. The second-order valence-electron chi connectivity index (χ2n) is 3.89. The Morgan fingerprint density at radius 1 is 1.07 bits per heavy atom. The summed E-state index contributed by atoms with van der Waals surface area (Å²) in [6.07, 6.45) is 2.74. The van der Waals surface area contributed by atoms with Gasteiger partial charge in [-0.25, -0.2) is 0 Å². The molecule has 1 fully saturated rings. The number of rotatable bonds is 2. The van der Waals surface area contributed by atoms with E-state index in [0.29, 0.717) is 0 Å². The lowest BCUT2D eigenvalue weighted by molar-refractivity contribution is 1.13. The first-order chi connectivity index (χ1) is 7.33. The van der Waals surface area contributed by atoms with Gasteiger partial charge in [0, 0.05) is 4.88 Å². The zero-order chi connectivity index (χ0) is 10.3. The highest BCUT2D eigenvalue weighted by Crippen LogP contribution is 2.40. The highest BCUT2D eigenvalue weighted by Gasteiger charge is 2.22. The summed E-state index contributed by atoms with van der Waals surface area (Å²) >= 11 is 5.14. The van der Waals surface area contributed by atoms with Crippen molar-refractivity contribution in [2.45, 2.75) is 18.8 Å². The minimum atomic E-state index is 0.847. The molecule has 0 saturated heterocycles. The van der Waals surface area contributed by atoms with Crippen molar-refractivity contribution >= 4 is 32.9 Å². The summed E-state index contributed by atoms with van der Waals surface area (Å²) in [5, 5.41) is 0. The van der Waals surface area contributed by atoms with Gasteiger partial charge in [-0.2, -0.15) is 0 Å². The standard InChI is InChI=1S/C12H10S3/c13-12-7-11(14-15-12)10-5-3-9(4-6-10)8-1-2-8/h3-8H,1-2H2. The van der Waals surface area contributed by atoms with E-state index >= 15 is 0 Å². The Morgan fingerprint density at radius 2 is 1.80 bits per heavy atom. The molecule has 0 bridgehead atoms. The van der Waals surface area contributed by atoms with Crippen LogP contribution in [0.2, 0.25) is 0 Å². The van der Waals surface area contributed by atoms with Crippen LogP contribution in [0, 0.1) is 3.82 Å². The number of benzene rings is 1. The maximum atomic E-state index is 5.14. The Labute approximate surface area is 102 Å². The Balaban J connectivity index is 1.95. The second kappa shape index (κ2) is 3.81. The van der Waals surface area contributed by atoms with E-state index in [1.165, 1.54) is 28.8 Å². The lowest BCUT2D eigenvalue weighted by atomic mass is 10.1. The van der Waals surface area contributed by atoms with Crippen LogP contribution in [0.25, 0.3) is 10.4 Å². The quantitative estimate of drug-likeness (QED) is 0.529. The SMILES string of the molecule is S=c1cc(-c2ccc(C3CC3)cc2)ss1. The van der Waals surface area contributed by atoms with Crippen LogP contribution in [-0.2, 0) is 0 Å². The third kappa shape index (κ3) is 2.05. The summed E-state index contributed by atoms with van der Waals surface area (Å²) in [4.78, 5) is 1.30. The van der Waals surface area contributed by atoms with Gasteiger partial charge >= 0.3 is 0 Å². The molecule has 76 valence electrons. The molecule has 1 saturated carbocycles. The van der Waals surface area contributed by atoms with E-state index in [1.54, 1.807) is 20.7 Å². The summed E-state index contributed by atoms with van der Waals surface area (Å²) in [6.45, 7) is 0. The highest BCUT2D eigenvalue weighted by molar-refractivity contribution is 7.80. The zero-order valence-corrected chi connectivity index (χ0v) is 10.6. The van der Waals surface area contributed by atoms with Gasteiger partial charge in [0.1, 0.15) is 3.82 Å². The molecule has 15 heavy (non-hydrogen) atoms. The van der Waals surface area contributed by atoms with E-state index in [2.05, 4.69) is 30.3 Å². The van der Waals surface area contributed by atoms with Gasteiger partial charge in [-0.15, -0.1) is 0 Å². The Hall–Kier alpha value is -0.510. The first kappa shape index (κ1) is 9.70. The Bertz CT molecular complexity index is 514. The number of hydrogen-bond donors (Lipinski definition) is 0. The fourth-order valence-electron chi connectivity index (χ4n) is 1.71. The summed E-state index contributed by atoms with van der Waals surface area (Å²) in [7, 11) is 3.45. The molecule has 0 amide bonds. The van der Waals surface area contributed by atoms with Crippen molar-refractivity contribution in [1.29, 1.82) is 0 Å². The average molecular weight is 250 g/mol. The number of hydrogen-bond acceptors (Lipinski definition) is 3. The van der Waals surface area contributed by atoms with E-state index in [0.717, 1.165) is 9.74 Å². The monoisotopic (exact) mass is 250 g/mol. The Kier molecular flexibility index (Phi) is 2.47. The van der Waals surface area contributed by atoms with Crippen LogP contribution < -0.4 is 0 Å². The molecule has 0 atom stereocenters. The van der Waals surface area contributed by atoms with Gasteiger partial charge in [0.15, 0.2) is 0 Å². The van der Waals surface area contributed by atoms with E-state index in [1.807, 2.05) is 0 Å². The van der Waals surface area contributed by atoms with Crippen LogP contribution in [-0.4, -0.2) is 0 Å². The summed E-state index contributed by atoms with van der Waals surface area (Å²) in [5.74, 6) is 0.847. The smallest absolute Gasteiger partial charge is 0.0786 e. The van der Waals surface area contributed by atoms with Crippen molar-refractivity contribution in [2.75, 3.05) is 0 Å². The molecule has 1 aliphatic rings. The lowest BCUT2D eigenvalue weighted by Crippen LogP contribution is -1.78. The molecular weight excluding hydrogens is 240 g/mol. The predicted octanol–water partition coefficient (Wildman–Crippen LogP) is 5.08. The van der Waals surface area contributed by atoms with Crippen LogP contribution in [0.4, 0.5) is 0 Å². The summed E-state index contributed by atoms with van der Waals surface area (Å²) < 4.78 is 0.987. The molecular formula is C12H10S3. The predicted molar refractivity (Wildman–Crippen MR) is 70.4 cm³/mol. The first-order valence-electron chi connectivity index (χ1n) is 5.03. The minimum Gasteiger partial charge on any atom is -0.0786 e. The van der Waals surface area contributed by atoms with E-state index in [9.17, 15) is 0 Å². The lowest BCUT2D eigenvalue weighted by Gasteiger charge is -1.99. The van der Waals surface area contributed by atoms with Gasteiger partial charge in [-0.1, -0.05) is 57.2 Å². The van der Waals surface area contributed by atoms with Crippen molar-refractivity contribution in [3.8, 4) is 10.4 Å². The third-order valence-electron chi connectivity index (χ3n) is 2.71. The molecule has 0 aliphatic heterocycles. The van der Waals surface area contributed by atoms with Crippen LogP contribution in [0.5, 0.6) is 0 Å². The normalized spacial score (nSPS) is 15.5. The molecule has 0 spiro atoms. The largest absolute Gasteiger partial charge is 0.102 e. The topological polar surface area (TPSA) is 0 Å². The van der Waals surface area contributed by atoms with Crippen molar-refractivity contribution in [3.05, 3.63) is 39.7 Å². The molecule has 0 nitrogen and oxygen atoms in total. The van der Waals surface area contributed by atoms with Crippen LogP contribution in [0.15, 0.2) is 30.3 Å². The van der Waals surface area contributed by atoms with Gasteiger partial charge in [0.25, 0.3) is 0 Å². The van der Waals surface area contributed by atoms with Crippen molar-refractivity contribution in [3.63, 3.8) is 0 Å². The molecule has 3 heteroatoms. The molecule has 1 aliphatic carbocycles. The van der Waals surface area contributed by atoms with Crippen molar-refractivity contribution in [2.24, 2.45) is 0 Å². The first-order valence-corrected chi connectivity index (χ1v) is 7.59. The van der Waals surface area contributed by atoms with E-state index in [4.69, 9.17) is 12.2 Å². The molecule has 3 rings (SSSR count). The molecule has 1 heterocycles.